The van der Waals surface area contributed by atoms with Crippen molar-refractivity contribution >= 4 is 0 Å². The molecule has 0 saturated heterocycles. The number of ether oxygens (including phenoxy) is 1. The summed E-state index contributed by atoms with van der Waals surface area (Å²) in [7, 11) is 0. The van der Waals surface area contributed by atoms with Gasteiger partial charge in [0.2, 0.25) is 0 Å². The van der Waals surface area contributed by atoms with Crippen molar-refractivity contribution in [3.05, 3.63) is 0 Å². The van der Waals surface area contributed by atoms with Crippen LogP contribution in [-0.2, 0) is 4.74 Å². The lowest BCUT2D eigenvalue weighted by Crippen LogP contribution is -2.14. The summed E-state index contributed by atoms with van der Waals surface area (Å²) in [5.41, 5.74) is 6.86. The fourth-order valence-electron chi connectivity index (χ4n) is 0.378. The topological polar surface area (TPSA) is 33.0 Å². The van der Waals surface area contributed by atoms with Crippen molar-refractivity contribution in [1.82, 2.24) is 5.73 Å². The molecule has 0 aromatic carbocycles. The lowest BCUT2D eigenvalue weighted by molar-refractivity contribution is 0.0714. The van der Waals surface area contributed by atoms with Crippen LogP contribution in [0.2, 0.25) is 0 Å². The Labute approximate surface area is 51.0 Å². The second kappa shape index (κ2) is 5.06. The highest BCUT2D eigenvalue weighted by Gasteiger charge is 1.94. The average molecular weight is 116 g/mol. The van der Waals surface area contributed by atoms with Gasteiger partial charge in [-0.25, -0.2) is 0 Å². The van der Waals surface area contributed by atoms with E-state index in [0.29, 0.717) is 6.54 Å². The maximum atomic E-state index is 6.86. The molecular weight excluding hydrogens is 102 g/mol. The molecule has 0 amide bonds. The second-order valence-corrected chi connectivity index (χ2v) is 1.89. The van der Waals surface area contributed by atoms with Crippen LogP contribution in [0.25, 0.3) is 0 Å². The summed E-state index contributed by atoms with van der Waals surface area (Å²) in [6.45, 7) is 5.15. The predicted molar refractivity (Wildman–Crippen MR) is 33.7 cm³/mol. The summed E-state index contributed by atoms with van der Waals surface area (Å²) < 4.78 is 5.15. The highest BCUT2D eigenvalue weighted by atomic mass is 16.5. The van der Waals surface area contributed by atoms with Gasteiger partial charge >= 0.3 is 0 Å². The van der Waals surface area contributed by atoms with Gasteiger partial charge in [-0.2, -0.15) is 0 Å². The molecule has 0 heterocycles. The predicted octanol–water partition coefficient (Wildman–Crippen LogP) is 1.08. The van der Waals surface area contributed by atoms with Gasteiger partial charge in [0.15, 0.2) is 0 Å². The molecule has 0 aliphatic rings. The SMILES string of the molecule is CCCOC(C)C[NH]. The van der Waals surface area contributed by atoms with Gasteiger partial charge in [-0.15, -0.1) is 0 Å². The molecule has 2 heteroatoms. The van der Waals surface area contributed by atoms with E-state index < -0.39 is 0 Å². The third kappa shape index (κ3) is 4.09. The van der Waals surface area contributed by atoms with Crippen LogP contribution in [0.15, 0.2) is 0 Å². The zero-order chi connectivity index (χ0) is 6.41. The van der Waals surface area contributed by atoms with Crippen molar-refractivity contribution in [3.8, 4) is 0 Å². The van der Waals surface area contributed by atoms with Gasteiger partial charge in [0.25, 0.3) is 0 Å². The summed E-state index contributed by atoms with van der Waals surface area (Å²) in [6.07, 6.45) is 1.17. The van der Waals surface area contributed by atoms with E-state index in [1.165, 1.54) is 0 Å². The fraction of sp³-hybridized carbons (Fsp3) is 1.00. The van der Waals surface area contributed by atoms with E-state index in [-0.39, 0.29) is 6.10 Å². The Morgan fingerprint density at radius 2 is 2.25 bits per heavy atom. The molecule has 1 N–H and O–H groups in total. The number of hydrogen-bond donors (Lipinski definition) is 0. The van der Waals surface area contributed by atoms with E-state index in [4.69, 9.17) is 10.5 Å². The van der Waals surface area contributed by atoms with Gasteiger partial charge in [-0.3, -0.25) is 5.73 Å². The van der Waals surface area contributed by atoms with Crippen molar-refractivity contribution in [2.24, 2.45) is 0 Å². The van der Waals surface area contributed by atoms with E-state index in [9.17, 15) is 0 Å². The molecule has 0 spiro atoms. The van der Waals surface area contributed by atoms with Gasteiger partial charge < -0.3 is 4.74 Å². The van der Waals surface area contributed by atoms with E-state index in [0.717, 1.165) is 13.0 Å². The summed E-state index contributed by atoms with van der Waals surface area (Å²) in [6, 6.07) is 0. The van der Waals surface area contributed by atoms with Crippen molar-refractivity contribution in [2.75, 3.05) is 13.2 Å². The first-order valence-electron chi connectivity index (χ1n) is 3.07. The van der Waals surface area contributed by atoms with E-state index in [2.05, 4.69) is 6.92 Å². The van der Waals surface area contributed by atoms with Crippen LogP contribution in [0, 0.1) is 0 Å². The normalized spacial score (nSPS) is 13.9. The lowest BCUT2D eigenvalue weighted by Gasteiger charge is -2.06. The van der Waals surface area contributed by atoms with Crippen molar-refractivity contribution < 1.29 is 4.74 Å². The molecule has 0 bridgehead atoms. The minimum atomic E-state index is 0.120. The number of hydrogen-bond acceptors (Lipinski definition) is 1. The first-order valence-corrected chi connectivity index (χ1v) is 3.07. The summed E-state index contributed by atoms with van der Waals surface area (Å²) in [5.74, 6) is 0. The summed E-state index contributed by atoms with van der Waals surface area (Å²) in [4.78, 5) is 0. The number of rotatable bonds is 4. The van der Waals surface area contributed by atoms with Crippen LogP contribution in [0.5, 0.6) is 0 Å². The molecule has 0 aromatic rings. The standard InChI is InChI=1S/C6H14NO/c1-3-4-8-6(2)5-7/h6-7H,3-5H2,1-2H3. The van der Waals surface area contributed by atoms with Crippen LogP contribution in [0.1, 0.15) is 20.3 Å². The van der Waals surface area contributed by atoms with Crippen molar-refractivity contribution in [2.45, 2.75) is 26.4 Å². The molecule has 8 heavy (non-hydrogen) atoms. The summed E-state index contributed by atoms with van der Waals surface area (Å²) >= 11 is 0. The second-order valence-electron chi connectivity index (χ2n) is 1.89. The molecule has 0 aromatic heterocycles. The van der Waals surface area contributed by atoms with Gasteiger partial charge in [-0.05, 0) is 13.3 Å². The van der Waals surface area contributed by atoms with Gasteiger partial charge in [0.1, 0.15) is 0 Å². The average Bonchev–Trinajstić information content (AvgIpc) is 1.83. The minimum Gasteiger partial charge on any atom is -0.377 e. The van der Waals surface area contributed by atoms with E-state index in [1.807, 2.05) is 6.92 Å². The van der Waals surface area contributed by atoms with Crippen LogP contribution in [-0.4, -0.2) is 19.3 Å². The third-order valence-corrected chi connectivity index (χ3v) is 0.894. The first kappa shape index (κ1) is 7.92. The molecule has 49 valence electrons. The van der Waals surface area contributed by atoms with Crippen LogP contribution in [0.4, 0.5) is 0 Å². The first-order chi connectivity index (χ1) is 3.81. The molecule has 1 radical (unpaired) electrons. The Morgan fingerprint density at radius 1 is 1.62 bits per heavy atom. The van der Waals surface area contributed by atoms with E-state index >= 15 is 0 Å². The lowest BCUT2D eigenvalue weighted by atomic mass is 10.4. The minimum absolute atomic E-state index is 0.120. The van der Waals surface area contributed by atoms with Crippen LogP contribution < -0.4 is 5.73 Å². The zero-order valence-electron chi connectivity index (χ0n) is 5.61. The Kier molecular flexibility index (Phi) is 5.01. The van der Waals surface area contributed by atoms with Crippen molar-refractivity contribution in [3.63, 3.8) is 0 Å². The van der Waals surface area contributed by atoms with Crippen molar-refractivity contribution in [1.29, 1.82) is 0 Å². The summed E-state index contributed by atoms with van der Waals surface area (Å²) in [5, 5.41) is 0. The molecule has 0 aliphatic heterocycles. The Hall–Kier alpha value is -0.0800. The molecule has 0 saturated carbocycles. The molecule has 0 aliphatic carbocycles. The quantitative estimate of drug-likeness (QED) is 0.541. The maximum absolute atomic E-state index is 6.86. The molecule has 0 rings (SSSR count). The fourth-order valence-corrected chi connectivity index (χ4v) is 0.378. The Morgan fingerprint density at radius 3 is 2.62 bits per heavy atom. The van der Waals surface area contributed by atoms with Gasteiger partial charge in [0.05, 0.1) is 6.10 Å². The largest absolute Gasteiger partial charge is 0.377 e. The Balaban J connectivity index is 2.86. The highest BCUT2D eigenvalue weighted by molar-refractivity contribution is 4.46. The maximum Gasteiger partial charge on any atom is 0.0685 e. The monoisotopic (exact) mass is 116 g/mol. The van der Waals surface area contributed by atoms with Gasteiger partial charge in [-0.1, -0.05) is 6.92 Å². The smallest absolute Gasteiger partial charge is 0.0685 e. The highest BCUT2D eigenvalue weighted by Crippen LogP contribution is 1.88. The molecular formula is C6H14NO. The molecule has 1 unspecified atom stereocenters. The molecule has 1 atom stereocenters. The Bertz CT molecular complexity index is 47.8. The number of nitrogens with one attached hydrogen (secondary N) is 1. The molecule has 2 nitrogen and oxygen atoms in total. The van der Waals surface area contributed by atoms with E-state index in [1.54, 1.807) is 0 Å². The zero-order valence-corrected chi connectivity index (χ0v) is 5.61. The molecule has 0 fully saturated rings. The third-order valence-electron chi connectivity index (χ3n) is 0.894. The van der Waals surface area contributed by atoms with Crippen LogP contribution in [0.3, 0.4) is 0 Å². The van der Waals surface area contributed by atoms with Gasteiger partial charge in [0, 0.05) is 13.2 Å². The van der Waals surface area contributed by atoms with Crippen LogP contribution >= 0.6 is 0 Å².